The van der Waals surface area contributed by atoms with Crippen LogP contribution in [0, 0.1) is 0 Å². The number of benzene rings is 1. The summed E-state index contributed by atoms with van der Waals surface area (Å²) in [7, 11) is 1.93. The predicted octanol–water partition coefficient (Wildman–Crippen LogP) is 3.80. The molecule has 0 saturated heterocycles. The molecule has 4 rings (SSSR count). The lowest BCUT2D eigenvalue weighted by atomic mass is 10.00. The molecule has 0 aliphatic heterocycles. The first kappa shape index (κ1) is 12.7. The summed E-state index contributed by atoms with van der Waals surface area (Å²) >= 11 is 6.22. The molecule has 5 heteroatoms. The SMILES string of the molecule is Cn1cc(-n2cccn2)c(-c2cc(Cl)ccc2C2CC2)n1. The number of halogens is 1. The van der Waals surface area contributed by atoms with Crippen LogP contribution in [-0.4, -0.2) is 19.6 Å². The third-order valence-corrected chi connectivity index (χ3v) is 4.08. The molecule has 3 aromatic rings. The minimum Gasteiger partial charge on any atom is -0.273 e. The zero-order valence-corrected chi connectivity index (χ0v) is 12.5. The van der Waals surface area contributed by atoms with Crippen molar-refractivity contribution in [3.63, 3.8) is 0 Å². The second kappa shape index (κ2) is 4.74. The van der Waals surface area contributed by atoms with Crippen molar-refractivity contribution in [1.29, 1.82) is 0 Å². The van der Waals surface area contributed by atoms with Crippen LogP contribution in [0.1, 0.15) is 24.3 Å². The van der Waals surface area contributed by atoms with E-state index in [1.165, 1.54) is 18.4 Å². The Kier molecular flexibility index (Phi) is 2.86. The van der Waals surface area contributed by atoms with Crippen LogP contribution in [0.3, 0.4) is 0 Å². The van der Waals surface area contributed by atoms with Gasteiger partial charge >= 0.3 is 0 Å². The molecule has 1 fully saturated rings. The molecule has 0 radical (unpaired) electrons. The van der Waals surface area contributed by atoms with E-state index in [1.54, 1.807) is 6.20 Å². The second-order valence-electron chi connectivity index (χ2n) is 5.49. The molecule has 21 heavy (non-hydrogen) atoms. The highest BCUT2D eigenvalue weighted by molar-refractivity contribution is 6.30. The molecule has 2 heterocycles. The Morgan fingerprint density at radius 2 is 2.14 bits per heavy atom. The molecule has 0 N–H and O–H groups in total. The van der Waals surface area contributed by atoms with E-state index in [4.69, 9.17) is 11.6 Å². The quantitative estimate of drug-likeness (QED) is 0.737. The zero-order valence-electron chi connectivity index (χ0n) is 11.7. The van der Waals surface area contributed by atoms with Crippen molar-refractivity contribution in [3.05, 3.63) is 53.4 Å². The fourth-order valence-electron chi connectivity index (χ4n) is 2.73. The Labute approximate surface area is 128 Å². The third kappa shape index (κ3) is 2.25. The minimum atomic E-state index is 0.643. The Balaban J connectivity index is 1.93. The number of nitrogens with zero attached hydrogens (tertiary/aromatic N) is 4. The van der Waals surface area contributed by atoms with Gasteiger partial charge in [-0.15, -0.1) is 0 Å². The predicted molar refractivity (Wildman–Crippen MR) is 82.8 cm³/mol. The van der Waals surface area contributed by atoms with E-state index in [0.717, 1.165) is 22.0 Å². The standard InChI is InChI=1S/C16H15ClN4/c1-20-10-15(21-8-2-7-18-21)16(19-20)14-9-12(17)5-6-13(14)11-3-4-11/h2,5-11H,3-4H2,1H3. The highest BCUT2D eigenvalue weighted by Gasteiger charge is 2.28. The molecule has 1 aliphatic rings. The summed E-state index contributed by atoms with van der Waals surface area (Å²) in [4.78, 5) is 0. The molecular weight excluding hydrogens is 284 g/mol. The summed E-state index contributed by atoms with van der Waals surface area (Å²) in [6.07, 6.45) is 8.19. The zero-order chi connectivity index (χ0) is 14.4. The van der Waals surface area contributed by atoms with E-state index in [1.807, 2.05) is 47.0 Å². The monoisotopic (exact) mass is 298 g/mol. The molecule has 4 nitrogen and oxygen atoms in total. The summed E-state index contributed by atoms with van der Waals surface area (Å²) in [6.45, 7) is 0. The Hall–Kier alpha value is -2.07. The van der Waals surface area contributed by atoms with Gasteiger partial charge in [-0.25, -0.2) is 4.68 Å². The average molecular weight is 299 g/mol. The highest BCUT2D eigenvalue weighted by atomic mass is 35.5. The van der Waals surface area contributed by atoms with Crippen molar-refractivity contribution in [3.8, 4) is 16.9 Å². The number of aromatic nitrogens is 4. The topological polar surface area (TPSA) is 35.6 Å². The molecule has 106 valence electrons. The van der Waals surface area contributed by atoms with E-state index in [2.05, 4.69) is 16.3 Å². The molecule has 0 amide bonds. The summed E-state index contributed by atoms with van der Waals surface area (Å²) in [5.74, 6) is 0.643. The lowest BCUT2D eigenvalue weighted by Crippen LogP contribution is -1.97. The summed E-state index contributed by atoms with van der Waals surface area (Å²) in [5.41, 5.74) is 4.37. The molecule has 1 aliphatic carbocycles. The fraction of sp³-hybridized carbons (Fsp3) is 0.250. The number of rotatable bonds is 3. The van der Waals surface area contributed by atoms with Gasteiger partial charge in [-0.05, 0) is 42.5 Å². The van der Waals surface area contributed by atoms with E-state index < -0.39 is 0 Å². The smallest absolute Gasteiger partial charge is 0.118 e. The maximum Gasteiger partial charge on any atom is 0.118 e. The first-order valence-electron chi connectivity index (χ1n) is 7.06. The largest absolute Gasteiger partial charge is 0.273 e. The van der Waals surface area contributed by atoms with E-state index in [9.17, 15) is 0 Å². The first-order chi connectivity index (χ1) is 10.2. The van der Waals surface area contributed by atoms with Crippen LogP contribution in [0.4, 0.5) is 0 Å². The third-order valence-electron chi connectivity index (χ3n) is 3.85. The molecule has 0 bridgehead atoms. The van der Waals surface area contributed by atoms with Gasteiger partial charge in [-0.3, -0.25) is 4.68 Å². The normalized spacial score (nSPS) is 14.6. The molecular formula is C16H15ClN4. The second-order valence-corrected chi connectivity index (χ2v) is 5.93. The molecule has 0 spiro atoms. The Morgan fingerprint density at radius 1 is 1.29 bits per heavy atom. The van der Waals surface area contributed by atoms with Crippen LogP contribution in [-0.2, 0) is 7.05 Å². The van der Waals surface area contributed by atoms with Crippen molar-refractivity contribution in [2.75, 3.05) is 0 Å². The maximum absolute atomic E-state index is 6.22. The van der Waals surface area contributed by atoms with E-state index >= 15 is 0 Å². The van der Waals surface area contributed by atoms with Crippen LogP contribution in [0.5, 0.6) is 0 Å². The van der Waals surface area contributed by atoms with E-state index in [-0.39, 0.29) is 0 Å². The number of hydrogen-bond acceptors (Lipinski definition) is 2. The minimum absolute atomic E-state index is 0.643. The van der Waals surface area contributed by atoms with Crippen LogP contribution in [0.2, 0.25) is 5.02 Å². The molecule has 0 atom stereocenters. The van der Waals surface area contributed by atoms with Gasteiger partial charge in [0.2, 0.25) is 0 Å². The van der Waals surface area contributed by atoms with Gasteiger partial charge < -0.3 is 0 Å². The summed E-state index contributed by atoms with van der Waals surface area (Å²) in [5, 5.41) is 9.72. The van der Waals surface area contributed by atoms with Gasteiger partial charge in [-0.1, -0.05) is 17.7 Å². The lowest BCUT2D eigenvalue weighted by Gasteiger charge is -2.09. The van der Waals surface area contributed by atoms with Crippen LogP contribution in [0.15, 0.2) is 42.9 Å². The number of aryl methyl sites for hydroxylation is 1. The van der Waals surface area contributed by atoms with Gasteiger partial charge in [0.05, 0.1) is 6.20 Å². The number of hydrogen-bond donors (Lipinski definition) is 0. The van der Waals surface area contributed by atoms with Gasteiger partial charge in [0.25, 0.3) is 0 Å². The van der Waals surface area contributed by atoms with Crippen molar-refractivity contribution in [2.24, 2.45) is 7.05 Å². The van der Waals surface area contributed by atoms with Crippen molar-refractivity contribution in [1.82, 2.24) is 19.6 Å². The summed E-state index contributed by atoms with van der Waals surface area (Å²) < 4.78 is 3.67. The van der Waals surface area contributed by atoms with Crippen molar-refractivity contribution < 1.29 is 0 Å². The van der Waals surface area contributed by atoms with Crippen LogP contribution in [0.25, 0.3) is 16.9 Å². The van der Waals surface area contributed by atoms with Crippen LogP contribution >= 0.6 is 11.6 Å². The fourth-order valence-corrected chi connectivity index (χ4v) is 2.90. The van der Waals surface area contributed by atoms with Gasteiger partial charge in [0.1, 0.15) is 11.4 Å². The Bertz CT molecular complexity index is 785. The van der Waals surface area contributed by atoms with Gasteiger partial charge in [0, 0.05) is 30.0 Å². The molecule has 1 saturated carbocycles. The van der Waals surface area contributed by atoms with Crippen LogP contribution < -0.4 is 0 Å². The van der Waals surface area contributed by atoms with E-state index in [0.29, 0.717) is 5.92 Å². The summed E-state index contributed by atoms with van der Waals surface area (Å²) in [6, 6.07) is 8.03. The lowest BCUT2D eigenvalue weighted by molar-refractivity contribution is 0.768. The highest BCUT2D eigenvalue weighted by Crippen LogP contribution is 2.45. The first-order valence-corrected chi connectivity index (χ1v) is 7.43. The van der Waals surface area contributed by atoms with Crippen molar-refractivity contribution >= 4 is 11.6 Å². The maximum atomic E-state index is 6.22. The molecule has 0 unspecified atom stereocenters. The average Bonchev–Trinajstić information content (AvgIpc) is 3.02. The van der Waals surface area contributed by atoms with Crippen molar-refractivity contribution in [2.45, 2.75) is 18.8 Å². The molecule has 2 aromatic heterocycles. The van der Waals surface area contributed by atoms with Gasteiger partial charge in [0.15, 0.2) is 0 Å². The Morgan fingerprint density at radius 3 is 2.86 bits per heavy atom. The molecule has 1 aromatic carbocycles. The van der Waals surface area contributed by atoms with Gasteiger partial charge in [-0.2, -0.15) is 10.2 Å².